The Bertz CT molecular complexity index is 818. The van der Waals surface area contributed by atoms with Crippen molar-refractivity contribution in [2.24, 2.45) is 0 Å². The van der Waals surface area contributed by atoms with Gasteiger partial charge in [0.25, 0.3) is 10.0 Å². The van der Waals surface area contributed by atoms with Crippen molar-refractivity contribution in [2.45, 2.75) is 43.0 Å². The largest absolute Gasteiger partial charge is 0.495 e. The molecule has 1 aliphatic rings. The first-order valence-corrected chi connectivity index (χ1v) is 10.3. The molecule has 0 heterocycles. The minimum Gasteiger partial charge on any atom is -0.495 e. The molecule has 0 bridgehead atoms. The fourth-order valence-corrected chi connectivity index (χ4v) is 5.53. The van der Waals surface area contributed by atoms with Gasteiger partial charge in [0, 0.05) is 11.1 Å². The second-order valence-corrected chi connectivity index (χ2v) is 8.44. The third-order valence-corrected chi connectivity index (χ3v) is 6.72. The van der Waals surface area contributed by atoms with Crippen molar-refractivity contribution >= 4 is 27.3 Å². The van der Waals surface area contributed by atoms with Crippen LogP contribution < -0.4 is 9.04 Å². The number of ether oxygens (including phenoxy) is 1. The average molecular weight is 380 g/mol. The Balaban J connectivity index is 2.13. The van der Waals surface area contributed by atoms with Gasteiger partial charge in [0.2, 0.25) is 0 Å². The lowest BCUT2D eigenvalue weighted by molar-refractivity contribution is 0.401. The highest BCUT2D eigenvalue weighted by molar-refractivity contribution is 7.93. The number of nitrogens with zero attached hydrogens (tertiary/aromatic N) is 1. The van der Waals surface area contributed by atoms with Gasteiger partial charge in [-0.2, -0.15) is 0 Å². The van der Waals surface area contributed by atoms with Crippen LogP contribution in [-0.4, -0.2) is 21.6 Å². The van der Waals surface area contributed by atoms with Gasteiger partial charge >= 0.3 is 0 Å². The van der Waals surface area contributed by atoms with Gasteiger partial charge in [-0.25, -0.2) is 8.42 Å². The van der Waals surface area contributed by atoms with E-state index in [0.717, 1.165) is 32.1 Å². The van der Waals surface area contributed by atoms with Crippen LogP contribution in [0.1, 0.15) is 32.1 Å². The number of anilines is 1. The molecule has 3 rings (SSSR count). The van der Waals surface area contributed by atoms with Gasteiger partial charge in [0.15, 0.2) is 0 Å². The zero-order valence-electron chi connectivity index (χ0n) is 14.2. The van der Waals surface area contributed by atoms with E-state index < -0.39 is 10.0 Å². The van der Waals surface area contributed by atoms with Crippen LogP contribution in [0.25, 0.3) is 0 Å². The number of benzene rings is 2. The molecule has 2 aromatic carbocycles. The lowest BCUT2D eigenvalue weighted by atomic mass is 9.95. The van der Waals surface area contributed by atoms with Gasteiger partial charge in [-0.3, -0.25) is 4.31 Å². The SMILES string of the molecule is COc1ccc(Cl)cc1S(=O)(=O)N(c1ccccc1)C1CCCCC1. The standard InChI is InChI=1S/C19H22ClNO3S/c1-24-18-13-12-15(20)14-19(18)25(22,23)21(16-8-4-2-5-9-16)17-10-6-3-7-11-17/h2,4-5,8-9,12-14,17H,3,6-7,10-11H2,1H3. The highest BCUT2D eigenvalue weighted by atomic mass is 35.5. The lowest BCUT2D eigenvalue weighted by Crippen LogP contribution is -2.41. The van der Waals surface area contributed by atoms with Crippen LogP contribution in [0.2, 0.25) is 5.02 Å². The second kappa shape index (κ2) is 7.67. The molecule has 2 aromatic rings. The van der Waals surface area contributed by atoms with Crippen LogP contribution >= 0.6 is 11.6 Å². The van der Waals surface area contributed by atoms with E-state index in [1.54, 1.807) is 16.4 Å². The molecular weight excluding hydrogens is 358 g/mol. The third-order valence-electron chi connectivity index (χ3n) is 4.58. The molecule has 1 fully saturated rings. The first kappa shape index (κ1) is 18.1. The maximum Gasteiger partial charge on any atom is 0.268 e. The number of sulfonamides is 1. The highest BCUT2D eigenvalue weighted by Crippen LogP contribution is 2.36. The molecule has 134 valence electrons. The fourth-order valence-electron chi connectivity index (χ4n) is 3.39. The Labute approximate surface area is 154 Å². The van der Waals surface area contributed by atoms with E-state index in [2.05, 4.69) is 0 Å². The molecule has 0 saturated heterocycles. The van der Waals surface area contributed by atoms with Gasteiger partial charge in [0.1, 0.15) is 10.6 Å². The number of methoxy groups -OCH3 is 1. The topological polar surface area (TPSA) is 46.6 Å². The van der Waals surface area contributed by atoms with Crippen LogP contribution in [0.15, 0.2) is 53.4 Å². The zero-order valence-corrected chi connectivity index (χ0v) is 15.8. The van der Waals surface area contributed by atoms with Gasteiger partial charge < -0.3 is 4.74 Å². The van der Waals surface area contributed by atoms with Crippen LogP contribution in [0.4, 0.5) is 5.69 Å². The summed E-state index contributed by atoms with van der Waals surface area (Å²) in [6.45, 7) is 0. The number of halogens is 1. The van der Waals surface area contributed by atoms with Gasteiger partial charge in [0.05, 0.1) is 12.8 Å². The van der Waals surface area contributed by atoms with E-state index in [9.17, 15) is 8.42 Å². The molecular formula is C19H22ClNO3S. The predicted octanol–water partition coefficient (Wildman–Crippen LogP) is 4.88. The smallest absolute Gasteiger partial charge is 0.268 e. The summed E-state index contributed by atoms with van der Waals surface area (Å²) in [6, 6.07) is 13.9. The van der Waals surface area contributed by atoms with E-state index in [-0.39, 0.29) is 10.9 Å². The molecule has 0 aromatic heterocycles. The summed E-state index contributed by atoms with van der Waals surface area (Å²) < 4.78 is 34.0. The molecule has 4 nitrogen and oxygen atoms in total. The van der Waals surface area contributed by atoms with Crippen LogP contribution in [0.5, 0.6) is 5.75 Å². The molecule has 25 heavy (non-hydrogen) atoms. The Morgan fingerprint density at radius 3 is 2.36 bits per heavy atom. The quantitative estimate of drug-likeness (QED) is 0.744. The monoisotopic (exact) mass is 379 g/mol. The van der Waals surface area contributed by atoms with Crippen molar-refractivity contribution in [3.63, 3.8) is 0 Å². The zero-order chi connectivity index (χ0) is 17.9. The molecule has 1 saturated carbocycles. The van der Waals surface area contributed by atoms with Gasteiger partial charge in [-0.1, -0.05) is 49.1 Å². The fraction of sp³-hybridized carbons (Fsp3) is 0.368. The van der Waals surface area contributed by atoms with E-state index in [4.69, 9.17) is 16.3 Å². The van der Waals surface area contributed by atoms with Crippen molar-refractivity contribution in [3.05, 3.63) is 53.6 Å². The van der Waals surface area contributed by atoms with Gasteiger partial charge in [-0.15, -0.1) is 0 Å². The van der Waals surface area contributed by atoms with Crippen LogP contribution in [-0.2, 0) is 10.0 Å². The summed E-state index contributed by atoms with van der Waals surface area (Å²) in [4.78, 5) is 0.108. The first-order chi connectivity index (χ1) is 12.0. The molecule has 0 aliphatic heterocycles. The molecule has 1 aliphatic carbocycles. The minimum atomic E-state index is -3.80. The maximum absolute atomic E-state index is 13.6. The lowest BCUT2D eigenvalue weighted by Gasteiger charge is -2.35. The number of para-hydroxylation sites is 1. The third kappa shape index (κ3) is 3.77. The van der Waals surface area contributed by atoms with Crippen LogP contribution in [0.3, 0.4) is 0 Å². The number of rotatable bonds is 5. The number of hydrogen-bond donors (Lipinski definition) is 0. The van der Waals surface area contributed by atoms with Crippen molar-refractivity contribution in [2.75, 3.05) is 11.4 Å². The maximum atomic E-state index is 13.6. The van der Waals surface area contributed by atoms with Crippen LogP contribution in [0, 0.1) is 0 Å². The number of hydrogen-bond acceptors (Lipinski definition) is 3. The van der Waals surface area contributed by atoms with Crippen molar-refractivity contribution < 1.29 is 13.2 Å². The second-order valence-electron chi connectivity index (χ2n) is 6.22. The molecule has 0 radical (unpaired) electrons. The van der Waals surface area contributed by atoms with E-state index in [1.165, 1.54) is 13.2 Å². The summed E-state index contributed by atoms with van der Waals surface area (Å²) in [7, 11) is -2.33. The highest BCUT2D eigenvalue weighted by Gasteiger charge is 2.34. The van der Waals surface area contributed by atoms with Gasteiger partial charge in [-0.05, 0) is 43.2 Å². The molecule has 6 heteroatoms. The van der Waals surface area contributed by atoms with Crippen molar-refractivity contribution in [3.8, 4) is 5.75 Å². The Hall–Kier alpha value is -1.72. The molecule has 0 N–H and O–H groups in total. The molecule has 0 atom stereocenters. The summed E-state index contributed by atoms with van der Waals surface area (Å²) in [6.07, 6.45) is 4.94. The summed E-state index contributed by atoms with van der Waals surface area (Å²) in [5.41, 5.74) is 0.677. The molecule has 0 amide bonds. The summed E-state index contributed by atoms with van der Waals surface area (Å²) in [5, 5.41) is 0.371. The average Bonchev–Trinajstić information content (AvgIpc) is 2.63. The van der Waals surface area contributed by atoms with Crippen molar-refractivity contribution in [1.82, 2.24) is 0 Å². The molecule has 0 spiro atoms. The van der Waals surface area contributed by atoms with E-state index >= 15 is 0 Å². The molecule has 0 unspecified atom stereocenters. The Morgan fingerprint density at radius 1 is 1.04 bits per heavy atom. The van der Waals surface area contributed by atoms with E-state index in [0.29, 0.717) is 16.5 Å². The summed E-state index contributed by atoms with van der Waals surface area (Å²) in [5.74, 6) is 0.307. The summed E-state index contributed by atoms with van der Waals surface area (Å²) >= 11 is 6.08. The minimum absolute atomic E-state index is 0.0511. The first-order valence-electron chi connectivity index (χ1n) is 8.47. The Morgan fingerprint density at radius 2 is 1.72 bits per heavy atom. The Kier molecular flexibility index (Phi) is 5.54. The normalized spacial score (nSPS) is 15.8. The van der Waals surface area contributed by atoms with Crippen molar-refractivity contribution in [1.29, 1.82) is 0 Å². The van der Waals surface area contributed by atoms with E-state index in [1.807, 2.05) is 30.3 Å². The predicted molar refractivity (Wildman–Crippen MR) is 101 cm³/mol.